The second-order valence-electron chi connectivity index (χ2n) is 6.83. The molecular weight excluding hydrogens is 336 g/mol. The highest BCUT2D eigenvalue weighted by Crippen LogP contribution is 2.22. The van der Waals surface area contributed by atoms with Gasteiger partial charge in [-0.25, -0.2) is 4.98 Å². The van der Waals surface area contributed by atoms with Gasteiger partial charge < -0.3 is 24.3 Å². The third-order valence-corrected chi connectivity index (χ3v) is 5.18. The average molecular weight is 364 g/mol. The molecule has 1 N–H and O–H groups in total. The molecule has 144 valence electrons. The van der Waals surface area contributed by atoms with Crippen LogP contribution in [0.4, 0.5) is 0 Å². The molecule has 0 aromatic carbocycles. The number of methoxy groups -OCH3 is 1. The van der Waals surface area contributed by atoms with Crippen LogP contribution in [0.3, 0.4) is 0 Å². The molecule has 1 amide bonds. The first-order valence-electron chi connectivity index (χ1n) is 9.40. The fourth-order valence-electron chi connectivity index (χ4n) is 3.64. The van der Waals surface area contributed by atoms with Crippen molar-refractivity contribution in [1.82, 2.24) is 19.8 Å². The summed E-state index contributed by atoms with van der Waals surface area (Å²) in [5, 5.41) is 3.35. The van der Waals surface area contributed by atoms with Crippen LogP contribution in [0.25, 0.3) is 0 Å². The summed E-state index contributed by atoms with van der Waals surface area (Å²) in [6, 6.07) is 0.344. The Kier molecular flexibility index (Phi) is 6.62. The van der Waals surface area contributed by atoms with Crippen LogP contribution in [0.15, 0.2) is 12.4 Å². The molecule has 2 aliphatic heterocycles. The van der Waals surface area contributed by atoms with E-state index in [1.165, 1.54) is 7.11 Å². The van der Waals surface area contributed by atoms with E-state index in [1.54, 1.807) is 6.20 Å². The Morgan fingerprint density at radius 2 is 1.96 bits per heavy atom. The maximum absolute atomic E-state index is 12.9. The molecule has 0 saturated carbocycles. The molecular formula is C18H28N4O4. The van der Waals surface area contributed by atoms with Gasteiger partial charge >= 0.3 is 5.97 Å². The number of amides is 1. The summed E-state index contributed by atoms with van der Waals surface area (Å²) in [5.41, 5.74) is 0. The molecule has 1 aromatic heterocycles. The van der Waals surface area contributed by atoms with Crippen LogP contribution in [0, 0.1) is 0 Å². The Morgan fingerprint density at radius 3 is 2.65 bits per heavy atom. The summed E-state index contributed by atoms with van der Waals surface area (Å²) in [5.74, 6) is 0.283. The monoisotopic (exact) mass is 364 g/mol. The molecule has 0 aliphatic carbocycles. The van der Waals surface area contributed by atoms with Gasteiger partial charge in [-0.15, -0.1) is 0 Å². The number of likely N-dealkylation sites (tertiary alicyclic amines) is 1. The largest absolute Gasteiger partial charge is 0.469 e. The molecule has 3 rings (SSSR count). The summed E-state index contributed by atoms with van der Waals surface area (Å²) in [4.78, 5) is 30.2. The number of hydrogen-bond donors (Lipinski definition) is 1. The van der Waals surface area contributed by atoms with Crippen LogP contribution in [-0.2, 0) is 14.3 Å². The molecule has 2 fully saturated rings. The summed E-state index contributed by atoms with van der Waals surface area (Å²) < 4.78 is 12.4. The highest BCUT2D eigenvalue weighted by Gasteiger charge is 2.28. The minimum Gasteiger partial charge on any atom is -0.469 e. The standard InChI is InChI=1S/C18H28N4O4/c1-25-16(23)6-13-26-15-4-10-21(11-5-15)18(24)17-20-9-12-22(17)14-2-7-19-8-3-14/h9,12,14-15,19H,2-8,10-11,13H2,1H3. The van der Waals surface area contributed by atoms with Crippen molar-refractivity contribution in [2.45, 2.75) is 44.2 Å². The Balaban J connectivity index is 1.50. The van der Waals surface area contributed by atoms with Crippen LogP contribution >= 0.6 is 0 Å². The normalized spacial score (nSPS) is 19.5. The number of ether oxygens (including phenoxy) is 2. The van der Waals surface area contributed by atoms with Crippen molar-refractivity contribution >= 4 is 11.9 Å². The maximum Gasteiger partial charge on any atom is 0.307 e. The Morgan fingerprint density at radius 1 is 1.23 bits per heavy atom. The molecule has 2 saturated heterocycles. The lowest BCUT2D eigenvalue weighted by atomic mass is 10.1. The van der Waals surface area contributed by atoms with Crippen molar-refractivity contribution in [3.63, 3.8) is 0 Å². The minimum absolute atomic E-state index is 0.00143. The second-order valence-corrected chi connectivity index (χ2v) is 6.83. The quantitative estimate of drug-likeness (QED) is 0.758. The van der Waals surface area contributed by atoms with Gasteiger partial charge in [-0.3, -0.25) is 9.59 Å². The lowest BCUT2D eigenvalue weighted by molar-refractivity contribution is -0.142. The number of nitrogens with zero attached hydrogens (tertiary/aromatic N) is 3. The summed E-state index contributed by atoms with van der Waals surface area (Å²) >= 11 is 0. The van der Waals surface area contributed by atoms with E-state index < -0.39 is 0 Å². The van der Waals surface area contributed by atoms with Gasteiger partial charge in [-0.05, 0) is 38.8 Å². The number of nitrogens with one attached hydrogen (secondary N) is 1. The van der Waals surface area contributed by atoms with Crippen LogP contribution in [0.2, 0.25) is 0 Å². The van der Waals surface area contributed by atoms with E-state index in [0.717, 1.165) is 38.8 Å². The van der Waals surface area contributed by atoms with E-state index in [-0.39, 0.29) is 24.4 Å². The zero-order chi connectivity index (χ0) is 18.4. The molecule has 1 aromatic rings. The fraction of sp³-hybridized carbons (Fsp3) is 0.722. The smallest absolute Gasteiger partial charge is 0.307 e. The number of carbonyl (C=O) groups excluding carboxylic acids is 2. The Bertz CT molecular complexity index is 604. The third kappa shape index (κ3) is 4.62. The van der Waals surface area contributed by atoms with E-state index in [1.807, 2.05) is 15.7 Å². The first-order valence-corrected chi connectivity index (χ1v) is 9.40. The van der Waals surface area contributed by atoms with E-state index in [0.29, 0.717) is 31.6 Å². The van der Waals surface area contributed by atoms with Crippen molar-refractivity contribution in [3.05, 3.63) is 18.2 Å². The molecule has 2 aliphatic rings. The fourth-order valence-corrected chi connectivity index (χ4v) is 3.64. The molecule has 0 radical (unpaired) electrons. The van der Waals surface area contributed by atoms with Gasteiger partial charge in [0.2, 0.25) is 0 Å². The number of carbonyl (C=O) groups is 2. The number of hydrogen-bond acceptors (Lipinski definition) is 6. The first kappa shape index (κ1) is 18.8. The number of rotatable bonds is 6. The van der Waals surface area contributed by atoms with Gasteiger partial charge in [0.1, 0.15) is 0 Å². The highest BCUT2D eigenvalue weighted by atomic mass is 16.5. The van der Waals surface area contributed by atoms with Crippen molar-refractivity contribution in [3.8, 4) is 0 Å². The van der Waals surface area contributed by atoms with E-state index >= 15 is 0 Å². The third-order valence-electron chi connectivity index (χ3n) is 5.18. The molecule has 3 heterocycles. The molecule has 8 nitrogen and oxygen atoms in total. The predicted octanol–water partition coefficient (Wildman–Crippen LogP) is 0.992. The number of piperidine rings is 2. The van der Waals surface area contributed by atoms with Crippen LogP contribution in [-0.4, -0.2) is 72.3 Å². The molecule has 0 spiro atoms. The van der Waals surface area contributed by atoms with Crippen molar-refractivity contribution < 1.29 is 19.1 Å². The van der Waals surface area contributed by atoms with Gasteiger partial charge in [0.05, 0.1) is 26.2 Å². The average Bonchev–Trinajstić information content (AvgIpc) is 3.18. The summed E-state index contributed by atoms with van der Waals surface area (Å²) in [7, 11) is 1.38. The maximum atomic E-state index is 12.9. The first-order chi connectivity index (χ1) is 12.7. The SMILES string of the molecule is COC(=O)CCOC1CCN(C(=O)c2nccn2C2CCNCC2)CC1. The Labute approximate surface area is 153 Å². The van der Waals surface area contributed by atoms with E-state index in [2.05, 4.69) is 15.0 Å². The zero-order valence-electron chi connectivity index (χ0n) is 15.4. The van der Waals surface area contributed by atoms with Crippen LogP contribution in [0.1, 0.15) is 48.8 Å². The number of esters is 1. The van der Waals surface area contributed by atoms with Gasteiger partial charge in [0, 0.05) is 31.5 Å². The molecule has 0 bridgehead atoms. The van der Waals surface area contributed by atoms with Crippen LogP contribution < -0.4 is 5.32 Å². The molecule has 0 unspecified atom stereocenters. The lowest BCUT2D eigenvalue weighted by Crippen LogP contribution is -2.42. The van der Waals surface area contributed by atoms with Crippen molar-refractivity contribution in [1.29, 1.82) is 0 Å². The summed E-state index contributed by atoms with van der Waals surface area (Å²) in [6.07, 6.45) is 7.60. The van der Waals surface area contributed by atoms with Gasteiger partial charge in [-0.2, -0.15) is 0 Å². The minimum atomic E-state index is -0.262. The molecule has 8 heteroatoms. The Hall–Kier alpha value is -1.93. The highest BCUT2D eigenvalue weighted by molar-refractivity contribution is 5.91. The lowest BCUT2D eigenvalue weighted by Gasteiger charge is -2.32. The topological polar surface area (TPSA) is 85.7 Å². The molecule has 0 atom stereocenters. The molecule has 26 heavy (non-hydrogen) atoms. The predicted molar refractivity (Wildman–Crippen MR) is 94.9 cm³/mol. The van der Waals surface area contributed by atoms with Crippen LogP contribution in [0.5, 0.6) is 0 Å². The van der Waals surface area contributed by atoms with Gasteiger partial charge in [-0.1, -0.05) is 0 Å². The zero-order valence-corrected chi connectivity index (χ0v) is 15.4. The van der Waals surface area contributed by atoms with E-state index in [4.69, 9.17) is 4.74 Å². The van der Waals surface area contributed by atoms with Gasteiger partial charge in [0.15, 0.2) is 5.82 Å². The second kappa shape index (κ2) is 9.14. The van der Waals surface area contributed by atoms with E-state index in [9.17, 15) is 9.59 Å². The summed E-state index contributed by atoms with van der Waals surface area (Å²) in [6.45, 7) is 3.63. The number of aromatic nitrogens is 2. The number of imidazole rings is 1. The van der Waals surface area contributed by atoms with Crippen molar-refractivity contribution in [2.75, 3.05) is 39.9 Å². The van der Waals surface area contributed by atoms with Gasteiger partial charge in [0.25, 0.3) is 5.91 Å². The van der Waals surface area contributed by atoms with Crippen molar-refractivity contribution in [2.24, 2.45) is 0 Å².